The summed E-state index contributed by atoms with van der Waals surface area (Å²) in [4.78, 5) is 4.05. The normalized spacial score (nSPS) is 11.0. The summed E-state index contributed by atoms with van der Waals surface area (Å²) in [6, 6.07) is 8.05. The lowest BCUT2D eigenvalue weighted by molar-refractivity contribution is 0.619. The highest BCUT2D eigenvalue weighted by atomic mass is 19.1. The summed E-state index contributed by atoms with van der Waals surface area (Å²) >= 11 is 0. The Kier molecular flexibility index (Phi) is 2.30. The molecule has 3 nitrogen and oxygen atoms in total. The van der Waals surface area contributed by atoms with Crippen LogP contribution in [0.3, 0.4) is 0 Å². The van der Waals surface area contributed by atoms with E-state index in [9.17, 15) is 4.39 Å². The van der Waals surface area contributed by atoms with Gasteiger partial charge >= 0.3 is 0 Å². The summed E-state index contributed by atoms with van der Waals surface area (Å²) in [5.41, 5.74) is 8.23. The van der Waals surface area contributed by atoms with Crippen molar-refractivity contribution in [1.29, 1.82) is 0 Å². The van der Waals surface area contributed by atoms with E-state index in [0.717, 1.165) is 11.1 Å². The molecular weight excluding hydrogens is 231 g/mol. The van der Waals surface area contributed by atoms with Gasteiger partial charge in [0.15, 0.2) is 0 Å². The van der Waals surface area contributed by atoms with E-state index < -0.39 is 0 Å². The Morgan fingerprint density at radius 1 is 1.22 bits per heavy atom. The molecule has 0 atom stereocenters. The number of anilines is 1. The minimum Gasteiger partial charge on any atom is -0.456 e. The van der Waals surface area contributed by atoms with Crippen LogP contribution in [0.2, 0.25) is 0 Å². The Morgan fingerprint density at radius 2 is 2.06 bits per heavy atom. The van der Waals surface area contributed by atoms with Crippen LogP contribution in [0.15, 0.2) is 40.9 Å². The van der Waals surface area contributed by atoms with Gasteiger partial charge in [-0.25, -0.2) is 9.37 Å². The van der Waals surface area contributed by atoms with E-state index in [2.05, 4.69) is 4.98 Å². The van der Waals surface area contributed by atoms with E-state index >= 15 is 0 Å². The number of aryl methyl sites for hydroxylation is 1. The van der Waals surface area contributed by atoms with Gasteiger partial charge in [0.25, 0.3) is 0 Å². The molecule has 0 amide bonds. The van der Waals surface area contributed by atoms with Crippen LogP contribution in [0, 0.1) is 12.7 Å². The number of pyridine rings is 1. The maximum atomic E-state index is 13.1. The number of nitrogens with zero attached hydrogens (tertiary/aromatic N) is 1. The predicted molar refractivity (Wildman–Crippen MR) is 68.6 cm³/mol. The second-order valence-electron chi connectivity index (χ2n) is 4.18. The van der Waals surface area contributed by atoms with Crippen LogP contribution in [-0.4, -0.2) is 4.98 Å². The van der Waals surface area contributed by atoms with E-state index in [1.807, 2.05) is 13.0 Å². The van der Waals surface area contributed by atoms with Crippen molar-refractivity contribution in [3.8, 4) is 11.3 Å². The molecule has 2 aromatic heterocycles. The van der Waals surface area contributed by atoms with E-state index in [1.54, 1.807) is 18.3 Å². The van der Waals surface area contributed by atoms with Crippen LogP contribution < -0.4 is 5.73 Å². The molecule has 0 bridgehead atoms. The van der Waals surface area contributed by atoms with Crippen molar-refractivity contribution >= 4 is 16.8 Å². The lowest BCUT2D eigenvalue weighted by Gasteiger charge is -2.04. The SMILES string of the molecule is Cc1ccnc(N)c1-c1cc2cc(F)ccc2o1. The predicted octanol–water partition coefficient (Wildman–Crippen LogP) is 3.52. The van der Waals surface area contributed by atoms with Gasteiger partial charge in [-0.3, -0.25) is 0 Å². The highest BCUT2D eigenvalue weighted by Crippen LogP contribution is 2.32. The number of nitrogens with two attached hydrogens (primary N) is 1. The van der Waals surface area contributed by atoms with Gasteiger partial charge < -0.3 is 10.2 Å². The highest BCUT2D eigenvalue weighted by Gasteiger charge is 2.12. The molecule has 0 aliphatic carbocycles. The maximum absolute atomic E-state index is 13.1. The lowest BCUT2D eigenvalue weighted by atomic mass is 10.1. The first-order valence-electron chi connectivity index (χ1n) is 5.56. The molecule has 2 N–H and O–H groups in total. The molecule has 0 aliphatic rings. The van der Waals surface area contributed by atoms with Gasteiger partial charge in [-0.15, -0.1) is 0 Å². The smallest absolute Gasteiger partial charge is 0.139 e. The van der Waals surface area contributed by atoms with Crippen molar-refractivity contribution in [3.63, 3.8) is 0 Å². The third-order valence-electron chi connectivity index (χ3n) is 2.91. The summed E-state index contributed by atoms with van der Waals surface area (Å²) in [6.45, 7) is 1.93. The molecule has 0 saturated carbocycles. The van der Waals surface area contributed by atoms with Gasteiger partial charge in [0.05, 0.1) is 5.56 Å². The fourth-order valence-corrected chi connectivity index (χ4v) is 2.04. The standard InChI is InChI=1S/C14H11FN2O/c1-8-4-5-17-14(16)13(8)12-7-9-6-10(15)2-3-11(9)18-12/h2-7H,1H3,(H2,16,17). The van der Waals surface area contributed by atoms with Crippen LogP contribution in [-0.2, 0) is 0 Å². The first kappa shape index (κ1) is 10.8. The Bertz CT molecular complexity index is 713. The Hall–Kier alpha value is -2.36. The molecule has 0 saturated heterocycles. The minimum atomic E-state index is -0.286. The second-order valence-corrected chi connectivity index (χ2v) is 4.18. The van der Waals surface area contributed by atoms with Crippen molar-refractivity contribution in [3.05, 3.63) is 47.9 Å². The summed E-state index contributed by atoms with van der Waals surface area (Å²) in [5.74, 6) is 0.735. The van der Waals surface area contributed by atoms with Crippen molar-refractivity contribution in [2.45, 2.75) is 6.92 Å². The van der Waals surface area contributed by atoms with Crippen molar-refractivity contribution in [2.75, 3.05) is 5.73 Å². The highest BCUT2D eigenvalue weighted by molar-refractivity contribution is 5.85. The Morgan fingerprint density at radius 3 is 2.83 bits per heavy atom. The maximum Gasteiger partial charge on any atom is 0.139 e. The molecule has 4 heteroatoms. The van der Waals surface area contributed by atoms with Gasteiger partial charge in [-0.05, 0) is 42.8 Å². The van der Waals surface area contributed by atoms with Gasteiger partial charge in [0.1, 0.15) is 23.0 Å². The second kappa shape index (κ2) is 3.84. The summed E-state index contributed by atoms with van der Waals surface area (Å²) in [6.07, 6.45) is 1.65. The zero-order chi connectivity index (χ0) is 12.7. The average molecular weight is 242 g/mol. The lowest BCUT2D eigenvalue weighted by Crippen LogP contribution is -1.94. The van der Waals surface area contributed by atoms with Crippen LogP contribution in [0.5, 0.6) is 0 Å². The van der Waals surface area contributed by atoms with E-state index in [1.165, 1.54) is 12.1 Å². The third kappa shape index (κ3) is 1.62. The fraction of sp³-hybridized carbons (Fsp3) is 0.0714. The van der Waals surface area contributed by atoms with Gasteiger partial charge in [-0.1, -0.05) is 0 Å². The Balaban J connectivity index is 2.26. The number of hydrogen-bond donors (Lipinski definition) is 1. The molecule has 1 aromatic carbocycles. The van der Waals surface area contributed by atoms with Crippen LogP contribution in [0.1, 0.15) is 5.56 Å². The first-order chi connectivity index (χ1) is 8.65. The summed E-state index contributed by atoms with van der Waals surface area (Å²) in [7, 11) is 0. The van der Waals surface area contributed by atoms with Gasteiger partial charge in [0, 0.05) is 11.6 Å². The molecule has 2 heterocycles. The number of halogens is 1. The minimum absolute atomic E-state index is 0.286. The Labute approximate surface area is 103 Å². The fourth-order valence-electron chi connectivity index (χ4n) is 2.04. The van der Waals surface area contributed by atoms with Crippen LogP contribution >= 0.6 is 0 Å². The summed E-state index contributed by atoms with van der Waals surface area (Å²) < 4.78 is 18.8. The molecule has 3 rings (SSSR count). The molecule has 0 spiro atoms. The number of benzene rings is 1. The first-order valence-corrected chi connectivity index (χ1v) is 5.56. The van der Waals surface area contributed by atoms with E-state index in [0.29, 0.717) is 22.5 Å². The van der Waals surface area contributed by atoms with Crippen LogP contribution in [0.25, 0.3) is 22.3 Å². The van der Waals surface area contributed by atoms with E-state index in [4.69, 9.17) is 10.2 Å². The molecule has 0 radical (unpaired) electrons. The van der Waals surface area contributed by atoms with E-state index in [-0.39, 0.29) is 5.82 Å². The average Bonchev–Trinajstić information content (AvgIpc) is 2.71. The number of rotatable bonds is 1. The number of fused-ring (bicyclic) bond motifs is 1. The van der Waals surface area contributed by atoms with Gasteiger partial charge in [0.2, 0.25) is 0 Å². The molecule has 0 aliphatic heterocycles. The molecule has 0 fully saturated rings. The molecule has 18 heavy (non-hydrogen) atoms. The van der Waals surface area contributed by atoms with Crippen molar-refractivity contribution < 1.29 is 8.81 Å². The zero-order valence-corrected chi connectivity index (χ0v) is 9.77. The quantitative estimate of drug-likeness (QED) is 0.710. The summed E-state index contributed by atoms with van der Waals surface area (Å²) in [5, 5.41) is 0.715. The van der Waals surface area contributed by atoms with Gasteiger partial charge in [-0.2, -0.15) is 0 Å². The molecule has 3 aromatic rings. The number of hydrogen-bond acceptors (Lipinski definition) is 3. The number of aromatic nitrogens is 1. The van der Waals surface area contributed by atoms with Crippen molar-refractivity contribution in [2.24, 2.45) is 0 Å². The monoisotopic (exact) mass is 242 g/mol. The topological polar surface area (TPSA) is 52.0 Å². The van der Waals surface area contributed by atoms with Crippen molar-refractivity contribution in [1.82, 2.24) is 4.98 Å². The van der Waals surface area contributed by atoms with Crippen LogP contribution in [0.4, 0.5) is 10.2 Å². The third-order valence-corrected chi connectivity index (χ3v) is 2.91. The number of nitrogen functional groups attached to an aromatic ring is 1. The molecular formula is C14H11FN2O. The molecule has 0 unspecified atom stereocenters. The largest absolute Gasteiger partial charge is 0.456 e. The number of furan rings is 1. The molecule has 90 valence electrons. The zero-order valence-electron chi connectivity index (χ0n) is 9.77.